The lowest BCUT2D eigenvalue weighted by Crippen LogP contribution is -2.49. The predicted octanol–water partition coefficient (Wildman–Crippen LogP) is 5.80. The Morgan fingerprint density at radius 2 is 1.56 bits per heavy atom. The van der Waals surface area contributed by atoms with Crippen LogP contribution in [0.4, 0.5) is 10.2 Å². The summed E-state index contributed by atoms with van der Waals surface area (Å²) in [6.07, 6.45) is 0.683. The number of rotatable bonds is 5. The van der Waals surface area contributed by atoms with Crippen molar-refractivity contribution >= 4 is 23.3 Å². The third-order valence-corrected chi connectivity index (χ3v) is 6.73. The number of amides is 1. The minimum absolute atomic E-state index is 0.0834. The summed E-state index contributed by atoms with van der Waals surface area (Å²) in [5, 5.41) is 0.702. The summed E-state index contributed by atoms with van der Waals surface area (Å²) >= 11 is 6.10. The summed E-state index contributed by atoms with van der Waals surface area (Å²) in [4.78, 5) is 26.8. The topological polar surface area (TPSA) is 49.3 Å². The molecule has 4 aromatic rings. The van der Waals surface area contributed by atoms with Crippen LogP contribution >= 0.6 is 11.6 Å². The summed E-state index contributed by atoms with van der Waals surface area (Å²) in [7, 11) is 0. The van der Waals surface area contributed by atoms with E-state index in [0.29, 0.717) is 49.0 Å². The predicted molar refractivity (Wildman–Crippen MR) is 141 cm³/mol. The van der Waals surface area contributed by atoms with E-state index in [4.69, 9.17) is 21.6 Å². The summed E-state index contributed by atoms with van der Waals surface area (Å²) in [5.74, 6) is 1.15. The number of hydrogen-bond donors (Lipinski definition) is 0. The fraction of sp³-hybridized carbons (Fsp3) is 0.207. The van der Waals surface area contributed by atoms with Crippen molar-refractivity contribution in [3.8, 4) is 11.4 Å². The number of halogens is 2. The molecule has 0 saturated carbocycles. The first-order chi connectivity index (χ1) is 17.5. The molecule has 2 heterocycles. The molecule has 1 fully saturated rings. The van der Waals surface area contributed by atoms with Crippen LogP contribution in [-0.4, -0.2) is 47.0 Å². The van der Waals surface area contributed by atoms with Gasteiger partial charge in [0.1, 0.15) is 11.6 Å². The first-order valence-electron chi connectivity index (χ1n) is 11.9. The minimum Gasteiger partial charge on any atom is -0.353 e. The molecular weight excluding hydrogens is 475 g/mol. The summed E-state index contributed by atoms with van der Waals surface area (Å²) in [6.45, 7) is 4.42. The van der Waals surface area contributed by atoms with E-state index < -0.39 is 0 Å². The Balaban J connectivity index is 1.43. The van der Waals surface area contributed by atoms with Crippen LogP contribution < -0.4 is 4.90 Å². The third kappa shape index (κ3) is 5.24. The molecule has 182 valence electrons. The molecule has 36 heavy (non-hydrogen) atoms. The number of anilines is 1. The molecule has 7 heteroatoms. The highest BCUT2D eigenvalue weighted by atomic mass is 35.5. The standard InChI is InChI=1S/C29H26ClFN4O/c1-20-26(19-21-7-11-24(30)12-8-21)28(33-27(32-20)22-5-3-2-4-6-22)34-15-17-35(18-16-34)29(36)23-9-13-25(31)14-10-23/h2-14H,15-19H2,1H3. The van der Waals surface area contributed by atoms with Crippen molar-refractivity contribution in [2.75, 3.05) is 31.1 Å². The van der Waals surface area contributed by atoms with Gasteiger partial charge in [0.15, 0.2) is 5.82 Å². The molecule has 0 radical (unpaired) electrons. The second kappa shape index (κ2) is 10.5. The van der Waals surface area contributed by atoms with Crippen molar-refractivity contribution in [3.05, 3.63) is 112 Å². The minimum atomic E-state index is -0.349. The summed E-state index contributed by atoms with van der Waals surface area (Å²) in [5.41, 5.74) is 4.58. The maximum atomic E-state index is 13.3. The van der Waals surface area contributed by atoms with Crippen molar-refractivity contribution in [2.24, 2.45) is 0 Å². The normalized spacial score (nSPS) is 13.6. The van der Waals surface area contributed by atoms with Crippen molar-refractivity contribution < 1.29 is 9.18 Å². The molecule has 1 aliphatic heterocycles. The van der Waals surface area contributed by atoms with Crippen molar-refractivity contribution in [1.82, 2.24) is 14.9 Å². The van der Waals surface area contributed by atoms with E-state index in [0.717, 1.165) is 28.2 Å². The van der Waals surface area contributed by atoms with Gasteiger partial charge in [0.2, 0.25) is 0 Å². The molecule has 5 rings (SSSR count). The molecule has 1 aliphatic rings. The fourth-order valence-electron chi connectivity index (χ4n) is 4.47. The zero-order valence-electron chi connectivity index (χ0n) is 20.0. The second-order valence-corrected chi connectivity index (χ2v) is 9.33. The van der Waals surface area contributed by atoms with Gasteiger partial charge in [-0.1, -0.05) is 54.1 Å². The Morgan fingerprint density at radius 3 is 2.22 bits per heavy atom. The molecule has 0 spiro atoms. The van der Waals surface area contributed by atoms with Crippen molar-refractivity contribution in [1.29, 1.82) is 0 Å². The Kier molecular flexibility index (Phi) is 6.96. The van der Waals surface area contributed by atoms with E-state index in [2.05, 4.69) is 4.90 Å². The lowest BCUT2D eigenvalue weighted by atomic mass is 10.0. The van der Waals surface area contributed by atoms with E-state index in [-0.39, 0.29) is 11.7 Å². The van der Waals surface area contributed by atoms with Gasteiger partial charge < -0.3 is 9.80 Å². The first-order valence-corrected chi connectivity index (χ1v) is 12.3. The van der Waals surface area contributed by atoms with Gasteiger partial charge in [-0.2, -0.15) is 0 Å². The number of benzene rings is 3. The van der Waals surface area contributed by atoms with Crippen LogP contribution in [0.1, 0.15) is 27.2 Å². The van der Waals surface area contributed by atoms with Crippen LogP contribution in [0.25, 0.3) is 11.4 Å². The number of nitrogens with zero attached hydrogens (tertiary/aromatic N) is 4. The van der Waals surface area contributed by atoms with E-state index in [9.17, 15) is 9.18 Å². The Hall–Kier alpha value is -3.77. The second-order valence-electron chi connectivity index (χ2n) is 8.89. The van der Waals surface area contributed by atoms with Crippen LogP contribution in [0, 0.1) is 12.7 Å². The number of aromatic nitrogens is 2. The quantitative estimate of drug-likeness (QED) is 0.347. The zero-order valence-corrected chi connectivity index (χ0v) is 20.8. The van der Waals surface area contributed by atoms with E-state index in [1.54, 1.807) is 0 Å². The van der Waals surface area contributed by atoms with Gasteiger partial charge in [0.05, 0.1) is 0 Å². The lowest BCUT2D eigenvalue weighted by Gasteiger charge is -2.36. The van der Waals surface area contributed by atoms with Crippen LogP contribution in [-0.2, 0) is 6.42 Å². The number of carbonyl (C=O) groups excluding carboxylic acids is 1. The highest BCUT2D eigenvalue weighted by Crippen LogP contribution is 2.29. The largest absolute Gasteiger partial charge is 0.353 e. The Bertz CT molecular complexity index is 1350. The monoisotopic (exact) mass is 500 g/mol. The van der Waals surface area contributed by atoms with Crippen LogP contribution in [0.5, 0.6) is 0 Å². The number of piperazine rings is 1. The van der Waals surface area contributed by atoms with Crippen LogP contribution in [0.2, 0.25) is 5.02 Å². The fourth-order valence-corrected chi connectivity index (χ4v) is 4.59. The molecule has 1 saturated heterocycles. The zero-order chi connectivity index (χ0) is 25.1. The number of hydrogen-bond acceptors (Lipinski definition) is 4. The summed E-state index contributed by atoms with van der Waals surface area (Å²) < 4.78 is 13.3. The molecule has 3 aromatic carbocycles. The van der Waals surface area contributed by atoms with Crippen LogP contribution in [0.15, 0.2) is 78.9 Å². The van der Waals surface area contributed by atoms with Crippen LogP contribution in [0.3, 0.4) is 0 Å². The summed E-state index contributed by atoms with van der Waals surface area (Å²) in [6, 6.07) is 23.5. The average molecular weight is 501 g/mol. The average Bonchev–Trinajstić information content (AvgIpc) is 2.91. The lowest BCUT2D eigenvalue weighted by molar-refractivity contribution is 0.0746. The van der Waals surface area contributed by atoms with Gasteiger partial charge in [-0.05, 0) is 48.9 Å². The Morgan fingerprint density at radius 1 is 0.889 bits per heavy atom. The van der Waals surface area contributed by atoms with Gasteiger partial charge >= 0.3 is 0 Å². The van der Waals surface area contributed by atoms with E-state index in [1.165, 1.54) is 24.3 Å². The van der Waals surface area contributed by atoms with E-state index >= 15 is 0 Å². The van der Waals surface area contributed by atoms with E-state index in [1.807, 2.05) is 66.4 Å². The number of carbonyl (C=O) groups is 1. The molecular formula is C29H26ClFN4O. The highest BCUT2D eigenvalue weighted by Gasteiger charge is 2.26. The molecule has 5 nitrogen and oxygen atoms in total. The Labute approximate surface area is 215 Å². The van der Waals surface area contributed by atoms with Gasteiger partial charge in [0.25, 0.3) is 5.91 Å². The molecule has 0 atom stereocenters. The molecule has 0 aliphatic carbocycles. The first kappa shape index (κ1) is 23.9. The molecule has 1 amide bonds. The van der Waals surface area contributed by atoms with Gasteiger partial charge in [-0.15, -0.1) is 0 Å². The molecule has 0 N–H and O–H groups in total. The van der Waals surface area contributed by atoms with Crippen molar-refractivity contribution in [3.63, 3.8) is 0 Å². The highest BCUT2D eigenvalue weighted by molar-refractivity contribution is 6.30. The molecule has 0 bridgehead atoms. The SMILES string of the molecule is Cc1nc(-c2ccccc2)nc(N2CCN(C(=O)c3ccc(F)cc3)CC2)c1Cc1ccc(Cl)cc1. The van der Waals surface area contributed by atoms with Crippen molar-refractivity contribution in [2.45, 2.75) is 13.3 Å². The number of aryl methyl sites for hydroxylation is 1. The van der Waals surface area contributed by atoms with Gasteiger partial charge in [0, 0.05) is 60.0 Å². The maximum Gasteiger partial charge on any atom is 0.253 e. The molecule has 1 aromatic heterocycles. The molecule has 0 unspecified atom stereocenters. The third-order valence-electron chi connectivity index (χ3n) is 6.48. The van der Waals surface area contributed by atoms with Gasteiger partial charge in [-0.25, -0.2) is 14.4 Å². The van der Waals surface area contributed by atoms with Gasteiger partial charge in [-0.3, -0.25) is 4.79 Å². The maximum absolute atomic E-state index is 13.3. The smallest absolute Gasteiger partial charge is 0.253 e.